The van der Waals surface area contributed by atoms with Gasteiger partial charge in [-0.1, -0.05) is 13.8 Å². The number of hydrogen-bond acceptors (Lipinski definition) is 2. The van der Waals surface area contributed by atoms with Gasteiger partial charge in [0.05, 0.1) is 0 Å². The summed E-state index contributed by atoms with van der Waals surface area (Å²) in [5.74, 6) is 0.0621. The summed E-state index contributed by atoms with van der Waals surface area (Å²) in [4.78, 5) is 20.6. The molecule has 0 aromatic heterocycles. The predicted molar refractivity (Wildman–Crippen MR) is 35.1 cm³/mol. The second-order valence-corrected chi connectivity index (χ2v) is 2.21. The van der Waals surface area contributed by atoms with Crippen LogP contribution in [0, 0.1) is 5.92 Å². The molecule has 0 aromatic carbocycles. The van der Waals surface area contributed by atoms with Crippen molar-refractivity contribution in [2.24, 2.45) is 5.92 Å². The summed E-state index contributed by atoms with van der Waals surface area (Å²) >= 11 is 0. The van der Waals surface area contributed by atoms with Gasteiger partial charge in [-0.15, -0.1) is 0 Å². The Labute approximate surface area is 55.3 Å². The van der Waals surface area contributed by atoms with E-state index in [9.17, 15) is 9.59 Å². The summed E-state index contributed by atoms with van der Waals surface area (Å²) in [6.45, 7) is 3.56. The fraction of sp³-hybridized carbons (Fsp3) is 0.714. The van der Waals surface area contributed by atoms with E-state index in [1.807, 2.05) is 0 Å². The van der Waals surface area contributed by atoms with Gasteiger partial charge < -0.3 is 4.79 Å². The highest BCUT2D eigenvalue weighted by atomic mass is 16.1. The third-order valence-corrected chi connectivity index (χ3v) is 1.18. The first-order chi connectivity index (χ1) is 4.20. The van der Waals surface area contributed by atoms with E-state index in [4.69, 9.17) is 0 Å². The Bertz CT molecular complexity index is 107. The van der Waals surface area contributed by atoms with Crippen molar-refractivity contribution < 1.29 is 9.59 Å². The fourth-order valence-corrected chi connectivity index (χ4v) is 0.552. The first-order valence-corrected chi connectivity index (χ1v) is 3.17. The molecular weight excluding hydrogens is 116 g/mol. The molecule has 2 heteroatoms. The minimum Gasteiger partial charge on any atom is -0.303 e. The van der Waals surface area contributed by atoms with Gasteiger partial charge in [-0.25, -0.2) is 0 Å². The number of Topliss-reactive ketones (excluding diaryl/α,β-unsaturated/α-hetero) is 1. The molecule has 9 heavy (non-hydrogen) atoms. The first-order valence-electron chi connectivity index (χ1n) is 3.17. The third kappa shape index (κ3) is 3.88. The van der Waals surface area contributed by atoms with Crippen LogP contribution in [0.1, 0.15) is 26.7 Å². The molecule has 0 N–H and O–H groups in total. The van der Waals surface area contributed by atoms with Gasteiger partial charge in [0.1, 0.15) is 12.1 Å². The van der Waals surface area contributed by atoms with Crippen molar-refractivity contribution in [1.29, 1.82) is 0 Å². The van der Waals surface area contributed by atoms with Crippen molar-refractivity contribution in [3.63, 3.8) is 0 Å². The number of rotatable bonds is 4. The van der Waals surface area contributed by atoms with Crippen molar-refractivity contribution in [3.05, 3.63) is 0 Å². The molecule has 0 saturated carbocycles. The van der Waals surface area contributed by atoms with Crippen LogP contribution in [0.25, 0.3) is 0 Å². The lowest BCUT2D eigenvalue weighted by atomic mass is 10.1. The summed E-state index contributed by atoms with van der Waals surface area (Å²) < 4.78 is 0. The number of ketones is 1. The Morgan fingerprint density at radius 3 is 2.56 bits per heavy atom. The maximum atomic E-state index is 10.6. The molecule has 0 radical (unpaired) electrons. The van der Waals surface area contributed by atoms with Crippen LogP contribution in [0.2, 0.25) is 0 Å². The van der Waals surface area contributed by atoms with Crippen LogP contribution in [0.3, 0.4) is 0 Å². The largest absolute Gasteiger partial charge is 0.303 e. The SMILES string of the molecule is CCC(=O)C[C@H](C)C=O. The van der Waals surface area contributed by atoms with E-state index in [2.05, 4.69) is 0 Å². The lowest BCUT2D eigenvalue weighted by molar-refractivity contribution is -0.122. The molecule has 0 unspecified atom stereocenters. The maximum Gasteiger partial charge on any atom is 0.133 e. The molecule has 0 fully saturated rings. The minimum absolute atomic E-state index is 0.0996. The van der Waals surface area contributed by atoms with Crippen molar-refractivity contribution in [3.8, 4) is 0 Å². The van der Waals surface area contributed by atoms with Crippen molar-refractivity contribution >= 4 is 12.1 Å². The average Bonchev–Trinajstić information content (AvgIpc) is 1.87. The summed E-state index contributed by atoms with van der Waals surface area (Å²) in [5, 5.41) is 0. The molecule has 0 saturated heterocycles. The van der Waals surface area contributed by atoms with Gasteiger partial charge in [0, 0.05) is 18.8 Å². The van der Waals surface area contributed by atoms with E-state index in [0.29, 0.717) is 12.8 Å². The molecule has 2 nitrogen and oxygen atoms in total. The highest BCUT2D eigenvalue weighted by molar-refractivity contribution is 5.80. The molecule has 52 valence electrons. The van der Waals surface area contributed by atoms with E-state index in [1.165, 1.54) is 0 Å². The van der Waals surface area contributed by atoms with Crippen LogP contribution < -0.4 is 0 Å². The smallest absolute Gasteiger partial charge is 0.133 e. The van der Waals surface area contributed by atoms with Crippen LogP contribution in [0.5, 0.6) is 0 Å². The second kappa shape index (κ2) is 4.24. The van der Waals surface area contributed by atoms with Crippen LogP contribution in [0.4, 0.5) is 0 Å². The number of carbonyl (C=O) groups excluding carboxylic acids is 2. The molecule has 0 bridgehead atoms. The van der Waals surface area contributed by atoms with Crippen molar-refractivity contribution in [2.75, 3.05) is 0 Å². The van der Waals surface area contributed by atoms with Gasteiger partial charge in [-0.2, -0.15) is 0 Å². The molecule has 0 heterocycles. The Morgan fingerprint density at radius 2 is 2.22 bits per heavy atom. The zero-order valence-electron chi connectivity index (χ0n) is 5.89. The van der Waals surface area contributed by atoms with Crippen LogP contribution in [-0.2, 0) is 9.59 Å². The average molecular weight is 128 g/mol. The molecule has 1 atom stereocenters. The highest BCUT2D eigenvalue weighted by Gasteiger charge is 2.04. The van der Waals surface area contributed by atoms with Crippen LogP contribution in [-0.4, -0.2) is 12.1 Å². The highest BCUT2D eigenvalue weighted by Crippen LogP contribution is 1.99. The normalized spacial score (nSPS) is 12.7. The van der Waals surface area contributed by atoms with Gasteiger partial charge in [0.25, 0.3) is 0 Å². The minimum atomic E-state index is -0.0996. The topological polar surface area (TPSA) is 34.1 Å². The van der Waals surface area contributed by atoms with E-state index in [0.717, 1.165) is 6.29 Å². The molecule has 0 aromatic rings. The summed E-state index contributed by atoms with van der Waals surface area (Å²) in [7, 11) is 0. The summed E-state index contributed by atoms with van der Waals surface area (Å²) in [6, 6.07) is 0. The molecular formula is C7H12O2. The Kier molecular flexibility index (Phi) is 3.93. The predicted octanol–water partition coefficient (Wildman–Crippen LogP) is 1.19. The second-order valence-electron chi connectivity index (χ2n) is 2.21. The van der Waals surface area contributed by atoms with Gasteiger partial charge in [0.2, 0.25) is 0 Å². The summed E-state index contributed by atoms with van der Waals surface area (Å²) in [5.41, 5.74) is 0. The van der Waals surface area contributed by atoms with E-state index in [1.54, 1.807) is 13.8 Å². The third-order valence-electron chi connectivity index (χ3n) is 1.18. The molecule has 0 aliphatic carbocycles. The maximum absolute atomic E-state index is 10.6. The van der Waals surface area contributed by atoms with Gasteiger partial charge >= 0.3 is 0 Å². The standard InChI is InChI=1S/C7H12O2/c1-3-7(9)4-6(2)5-8/h5-6H,3-4H2,1-2H3/t6-/m0/s1. The zero-order chi connectivity index (χ0) is 7.28. The van der Waals surface area contributed by atoms with Crippen molar-refractivity contribution in [1.82, 2.24) is 0 Å². The Morgan fingerprint density at radius 1 is 1.67 bits per heavy atom. The molecule has 0 aliphatic rings. The van der Waals surface area contributed by atoms with Gasteiger partial charge in [0.15, 0.2) is 0 Å². The number of hydrogen-bond donors (Lipinski definition) is 0. The Balaban J connectivity index is 3.46. The monoisotopic (exact) mass is 128 g/mol. The molecule has 0 aliphatic heterocycles. The van der Waals surface area contributed by atoms with E-state index in [-0.39, 0.29) is 11.7 Å². The lowest BCUT2D eigenvalue weighted by Gasteiger charge is -1.97. The Hall–Kier alpha value is -0.660. The zero-order valence-corrected chi connectivity index (χ0v) is 5.89. The van der Waals surface area contributed by atoms with E-state index >= 15 is 0 Å². The molecule has 0 spiro atoms. The quantitative estimate of drug-likeness (QED) is 0.533. The van der Waals surface area contributed by atoms with Crippen LogP contribution in [0.15, 0.2) is 0 Å². The summed E-state index contributed by atoms with van der Waals surface area (Å²) in [6.07, 6.45) is 1.76. The van der Waals surface area contributed by atoms with Crippen LogP contribution >= 0.6 is 0 Å². The number of aldehydes is 1. The van der Waals surface area contributed by atoms with E-state index < -0.39 is 0 Å². The molecule has 0 rings (SSSR count). The molecule has 0 amide bonds. The lowest BCUT2D eigenvalue weighted by Crippen LogP contribution is -2.04. The number of carbonyl (C=O) groups is 2. The van der Waals surface area contributed by atoms with Crippen molar-refractivity contribution in [2.45, 2.75) is 26.7 Å². The first kappa shape index (κ1) is 8.34. The van der Waals surface area contributed by atoms with Gasteiger partial charge in [-0.3, -0.25) is 4.79 Å². The fourth-order valence-electron chi connectivity index (χ4n) is 0.552. The van der Waals surface area contributed by atoms with Gasteiger partial charge in [-0.05, 0) is 0 Å².